The van der Waals surface area contributed by atoms with E-state index >= 15 is 0 Å². The van der Waals surface area contributed by atoms with E-state index in [9.17, 15) is 9.59 Å². The maximum atomic E-state index is 11.1. The first-order valence-electron chi connectivity index (χ1n) is 3.81. The molecule has 0 aliphatic carbocycles. The van der Waals surface area contributed by atoms with Crippen LogP contribution in [0.1, 0.15) is 6.42 Å². The van der Waals surface area contributed by atoms with E-state index in [0.717, 1.165) is 0 Å². The second kappa shape index (κ2) is 3.72. The van der Waals surface area contributed by atoms with Crippen LogP contribution in [0, 0.1) is 11.3 Å². The van der Waals surface area contributed by atoms with Crippen LogP contribution in [0.15, 0.2) is 12.3 Å². The van der Waals surface area contributed by atoms with Gasteiger partial charge in [0.05, 0.1) is 12.5 Å². The van der Waals surface area contributed by atoms with Gasteiger partial charge in [-0.15, -0.1) is 0 Å². The fourth-order valence-electron chi connectivity index (χ4n) is 1.20. The third-order valence-corrected chi connectivity index (χ3v) is 1.78. The van der Waals surface area contributed by atoms with Gasteiger partial charge in [-0.2, -0.15) is 5.26 Å². The lowest BCUT2D eigenvalue weighted by molar-refractivity contribution is -0.129. The molecule has 0 aromatic rings. The number of rotatable bonds is 3. The van der Waals surface area contributed by atoms with Gasteiger partial charge in [0.2, 0.25) is 5.91 Å². The zero-order chi connectivity index (χ0) is 9.84. The summed E-state index contributed by atoms with van der Waals surface area (Å²) in [6.07, 6.45) is 3.06. The molecule has 13 heavy (non-hydrogen) atoms. The van der Waals surface area contributed by atoms with Crippen molar-refractivity contribution in [3.05, 3.63) is 12.3 Å². The average molecular weight is 179 g/mol. The van der Waals surface area contributed by atoms with Crippen LogP contribution in [-0.4, -0.2) is 29.2 Å². The Bertz CT molecular complexity index is 303. The van der Waals surface area contributed by atoms with Gasteiger partial charge in [0.1, 0.15) is 0 Å². The second-order valence-electron chi connectivity index (χ2n) is 2.67. The fourth-order valence-corrected chi connectivity index (χ4v) is 1.20. The van der Waals surface area contributed by atoms with E-state index in [4.69, 9.17) is 11.0 Å². The number of nitriles is 1. The molecular formula is C8H9N3O2. The lowest BCUT2D eigenvalue weighted by atomic mass is 10.2. The summed E-state index contributed by atoms with van der Waals surface area (Å²) in [7, 11) is 0. The van der Waals surface area contributed by atoms with Crippen LogP contribution < -0.4 is 5.73 Å². The van der Waals surface area contributed by atoms with Gasteiger partial charge < -0.3 is 10.6 Å². The molecule has 1 rings (SSSR count). The number of nitrogens with zero attached hydrogens (tertiary/aromatic N) is 2. The lowest BCUT2D eigenvalue weighted by Gasteiger charge is -2.19. The average Bonchev–Trinajstić information content (AvgIpc) is 2.43. The molecule has 1 atom stereocenters. The molecule has 0 fully saturated rings. The molecule has 0 bridgehead atoms. The number of ketones is 1. The smallest absolute Gasteiger partial charge is 0.248 e. The Balaban J connectivity index is 2.65. The molecule has 5 heteroatoms. The van der Waals surface area contributed by atoms with E-state index in [1.165, 1.54) is 17.2 Å². The van der Waals surface area contributed by atoms with E-state index in [0.29, 0.717) is 6.54 Å². The van der Waals surface area contributed by atoms with E-state index in [2.05, 4.69) is 0 Å². The van der Waals surface area contributed by atoms with Crippen LogP contribution in [0.2, 0.25) is 0 Å². The Hall–Kier alpha value is -1.83. The first-order chi connectivity index (χ1) is 6.16. The van der Waals surface area contributed by atoms with Crippen molar-refractivity contribution >= 4 is 11.7 Å². The number of nitrogens with two attached hydrogens (primary N) is 1. The Morgan fingerprint density at radius 3 is 3.00 bits per heavy atom. The van der Waals surface area contributed by atoms with Crippen molar-refractivity contribution in [1.29, 1.82) is 5.26 Å². The van der Waals surface area contributed by atoms with Gasteiger partial charge >= 0.3 is 0 Å². The molecule has 0 aromatic heterocycles. The quantitative estimate of drug-likeness (QED) is 0.572. The van der Waals surface area contributed by atoms with E-state index in [1.807, 2.05) is 6.07 Å². The summed E-state index contributed by atoms with van der Waals surface area (Å²) in [4.78, 5) is 23.4. The summed E-state index contributed by atoms with van der Waals surface area (Å²) in [5, 5.41) is 8.32. The normalized spacial score (nSPS) is 20.4. The minimum atomic E-state index is -0.909. The van der Waals surface area contributed by atoms with E-state index in [-0.39, 0.29) is 12.2 Å². The molecular weight excluding hydrogens is 170 g/mol. The van der Waals surface area contributed by atoms with Crippen LogP contribution in [0.25, 0.3) is 0 Å². The molecule has 1 amide bonds. The van der Waals surface area contributed by atoms with Crippen LogP contribution in [0.5, 0.6) is 0 Å². The Morgan fingerprint density at radius 1 is 1.77 bits per heavy atom. The van der Waals surface area contributed by atoms with Crippen molar-refractivity contribution in [2.75, 3.05) is 6.54 Å². The summed E-state index contributed by atoms with van der Waals surface area (Å²) in [5.74, 6) is -0.988. The van der Waals surface area contributed by atoms with Crippen molar-refractivity contribution in [2.45, 2.75) is 12.5 Å². The Labute approximate surface area is 75.4 Å². The molecule has 1 unspecified atom stereocenters. The van der Waals surface area contributed by atoms with Gasteiger partial charge in [-0.05, 0) is 6.08 Å². The maximum Gasteiger partial charge on any atom is 0.248 e. The van der Waals surface area contributed by atoms with Crippen LogP contribution in [-0.2, 0) is 9.59 Å². The molecule has 1 aliphatic rings. The van der Waals surface area contributed by atoms with Gasteiger partial charge in [-0.1, -0.05) is 0 Å². The number of carbonyl (C=O) groups excluding carboxylic acids is 2. The highest BCUT2D eigenvalue weighted by atomic mass is 16.2. The molecule has 1 aliphatic heterocycles. The van der Waals surface area contributed by atoms with Crippen molar-refractivity contribution in [2.24, 2.45) is 5.73 Å². The molecule has 68 valence electrons. The highest BCUT2D eigenvalue weighted by molar-refractivity contribution is 6.11. The fraction of sp³-hybridized carbons (Fsp3) is 0.375. The third-order valence-electron chi connectivity index (χ3n) is 1.78. The minimum absolute atomic E-state index is 0.265. The van der Waals surface area contributed by atoms with Crippen LogP contribution in [0.3, 0.4) is 0 Å². The van der Waals surface area contributed by atoms with Gasteiger partial charge in [0, 0.05) is 12.7 Å². The van der Waals surface area contributed by atoms with Gasteiger partial charge in [0.25, 0.3) is 0 Å². The zero-order valence-corrected chi connectivity index (χ0v) is 6.93. The highest BCUT2D eigenvalue weighted by Gasteiger charge is 2.31. The second-order valence-corrected chi connectivity index (χ2v) is 2.67. The third kappa shape index (κ3) is 1.85. The summed E-state index contributed by atoms with van der Waals surface area (Å²) in [5.41, 5.74) is 5.03. The van der Waals surface area contributed by atoms with E-state index < -0.39 is 11.9 Å². The van der Waals surface area contributed by atoms with Crippen molar-refractivity contribution in [1.82, 2.24) is 4.90 Å². The highest BCUT2D eigenvalue weighted by Crippen LogP contribution is 2.10. The summed E-state index contributed by atoms with van der Waals surface area (Å²) >= 11 is 0. The summed E-state index contributed by atoms with van der Waals surface area (Å²) in [6, 6.07) is 1.02. The molecule has 0 saturated carbocycles. The minimum Gasteiger partial charge on any atom is -0.367 e. The maximum absolute atomic E-state index is 11.1. The Kier molecular flexibility index (Phi) is 2.65. The SMILES string of the molecule is N#CCCN1C=CC(=O)C1C(N)=O. The van der Waals surface area contributed by atoms with Crippen molar-refractivity contribution in [3.63, 3.8) is 0 Å². The predicted octanol–water partition coefficient (Wildman–Crippen LogP) is -0.848. The van der Waals surface area contributed by atoms with Crippen LogP contribution in [0.4, 0.5) is 0 Å². The molecule has 1 heterocycles. The van der Waals surface area contributed by atoms with Crippen molar-refractivity contribution < 1.29 is 9.59 Å². The topological polar surface area (TPSA) is 87.2 Å². The number of carbonyl (C=O) groups is 2. The number of amides is 1. The molecule has 0 spiro atoms. The first kappa shape index (κ1) is 9.26. The number of hydrogen-bond donors (Lipinski definition) is 1. The lowest BCUT2D eigenvalue weighted by Crippen LogP contribution is -2.43. The Morgan fingerprint density at radius 2 is 2.46 bits per heavy atom. The summed E-state index contributed by atoms with van der Waals surface area (Å²) in [6.45, 7) is 0.354. The predicted molar refractivity (Wildman–Crippen MR) is 44.1 cm³/mol. The monoisotopic (exact) mass is 179 g/mol. The largest absolute Gasteiger partial charge is 0.367 e. The van der Waals surface area contributed by atoms with Gasteiger partial charge in [-0.25, -0.2) is 0 Å². The van der Waals surface area contributed by atoms with E-state index in [1.54, 1.807) is 0 Å². The summed E-state index contributed by atoms with van der Waals surface area (Å²) < 4.78 is 0. The first-order valence-corrected chi connectivity index (χ1v) is 3.81. The van der Waals surface area contributed by atoms with Gasteiger partial charge in [-0.3, -0.25) is 9.59 Å². The van der Waals surface area contributed by atoms with Crippen molar-refractivity contribution in [3.8, 4) is 6.07 Å². The molecule has 0 saturated heterocycles. The molecule has 5 nitrogen and oxygen atoms in total. The molecule has 2 N–H and O–H groups in total. The van der Waals surface area contributed by atoms with Crippen LogP contribution >= 0.6 is 0 Å². The number of hydrogen-bond acceptors (Lipinski definition) is 4. The standard InChI is InChI=1S/C8H9N3O2/c9-3-1-4-11-5-2-6(12)7(11)8(10)13/h2,5,7H,1,4H2,(H2,10,13). The zero-order valence-electron chi connectivity index (χ0n) is 6.93. The van der Waals surface area contributed by atoms with Gasteiger partial charge in [0.15, 0.2) is 11.8 Å². The number of primary amides is 1. The molecule has 0 aromatic carbocycles. The molecule has 0 radical (unpaired) electrons.